The van der Waals surface area contributed by atoms with Gasteiger partial charge in [-0.3, -0.25) is 0 Å². The van der Waals surface area contributed by atoms with Gasteiger partial charge in [0.2, 0.25) is 0 Å². The summed E-state index contributed by atoms with van der Waals surface area (Å²) in [6.07, 6.45) is 0.360. The van der Waals surface area contributed by atoms with Crippen LogP contribution in [0.15, 0.2) is 24.3 Å². The predicted molar refractivity (Wildman–Crippen MR) is 63.0 cm³/mol. The van der Waals surface area contributed by atoms with Gasteiger partial charge in [0.1, 0.15) is 5.82 Å². The van der Waals surface area contributed by atoms with E-state index in [-0.39, 0.29) is 0 Å². The van der Waals surface area contributed by atoms with E-state index in [0.29, 0.717) is 6.42 Å². The number of nitrogens with zero attached hydrogens (tertiary/aromatic N) is 3. The van der Waals surface area contributed by atoms with E-state index in [9.17, 15) is 0 Å². The number of fused-ring (bicyclic) bond motifs is 1. The average Bonchev–Trinajstić information content (AvgIpc) is 2.65. The molecule has 0 radical (unpaired) electrons. The highest BCUT2D eigenvalue weighted by Gasteiger charge is 2.08. The van der Waals surface area contributed by atoms with E-state index >= 15 is 0 Å². The molecule has 82 valence electrons. The molecule has 2 rings (SSSR count). The number of imidazole rings is 1. The molecule has 0 unspecified atom stereocenters. The van der Waals surface area contributed by atoms with Crippen molar-refractivity contribution >= 4 is 11.0 Å². The molecule has 2 aromatic rings. The maximum atomic E-state index is 8.78. The largest absolute Gasteiger partial charge is 0.326 e. The van der Waals surface area contributed by atoms with E-state index in [1.165, 1.54) is 0 Å². The lowest BCUT2D eigenvalue weighted by Gasteiger charge is -2.06. The fourth-order valence-electron chi connectivity index (χ4n) is 1.80. The topological polar surface area (TPSA) is 53.6 Å². The Kier molecular flexibility index (Phi) is 3.18. The van der Waals surface area contributed by atoms with Crippen LogP contribution >= 0.6 is 0 Å². The van der Waals surface area contributed by atoms with Crippen LogP contribution in [0.3, 0.4) is 0 Å². The summed E-state index contributed by atoms with van der Waals surface area (Å²) in [5.41, 5.74) is 2.06. The summed E-state index contributed by atoms with van der Waals surface area (Å²) in [6.45, 7) is 1.72. The van der Waals surface area contributed by atoms with Crippen LogP contribution in [0.1, 0.15) is 5.82 Å². The van der Waals surface area contributed by atoms with Crippen molar-refractivity contribution in [3.8, 4) is 6.07 Å². The van der Waals surface area contributed by atoms with Gasteiger partial charge in [-0.1, -0.05) is 12.1 Å². The third-order valence-corrected chi connectivity index (χ3v) is 2.56. The minimum Gasteiger partial charge on any atom is -0.326 e. The number of aromatic nitrogens is 2. The fourth-order valence-corrected chi connectivity index (χ4v) is 1.80. The van der Waals surface area contributed by atoms with E-state index < -0.39 is 0 Å². The monoisotopic (exact) mass is 214 g/mol. The lowest BCUT2D eigenvalue weighted by atomic mass is 10.3. The number of para-hydroxylation sites is 2. The molecule has 0 aliphatic rings. The molecule has 0 atom stereocenters. The third kappa shape index (κ3) is 1.90. The van der Waals surface area contributed by atoms with Crippen molar-refractivity contribution in [2.24, 2.45) is 0 Å². The highest BCUT2D eigenvalue weighted by atomic mass is 15.1. The highest BCUT2D eigenvalue weighted by Crippen LogP contribution is 2.15. The molecule has 1 heterocycles. The van der Waals surface area contributed by atoms with Gasteiger partial charge in [-0.05, 0) is 19.2 Å². The molecule has 0 amide bonds. The first-order valence-corrected chi connectivity index (χ1v) is 5.32. The Bertz CT molecular complexity index is 521. The van der Waals surface area contributed by atoms with Crippen LogP contribution in [0.5, 0.6) is 0 Å². The number of nitrogens with one attached hydrogen (secondary N) is 1. The first kappa shape index (κ1) is 10.7. The number of nitriles is 1. The Labute approximate surface area is 94.5 Å². The molecule has 16 heavy (non-hydrogen) atoms. The maximum absolute atomic E-state index is 8.78. The second kappa shape index (κ2) is 4.77. The smallest absolute Gasteiger partial charge is 0.124 e. The van der Waals surface area contributed by atoms with Gasteiger partial charge in [0.15, 0.2) is 0 Å². The molecule has 1 N–H and O–H groups in total. The van der Waals surface area contributed by atoms with Crippen molar-refractivity contribution in [2.75, 3.05) is 13.6 Å². The second-order valence-corrected chi connectivity index (χ2v) is 3.61. The molecular weight excluding hydrogens is 200 g/mol. The molecule has 0 aliphatic heterocycles. The number of benzene rings is 1. The van der Waals surface area contributed by atoms with Crippen LogP contribution in [0.2, 0.25) is 0 Å². The fraction of sp³-hybridized carbons (Fsp3) is 0.333. The summed E-state index contributed by atoms with van der Waals surface area (Å²) < 4.78 is 2.11. The van der Waals surface area contributed by atoms with E-state index in [2.05, 4.69) is 20.9 Å². The van der Waals surface area contributed by atoms with Crippen molar-refractivity contribution < 1.29 is 0 Å². The minimum atomic E-state index is 0.360. The standard InChI is InChI=1S/C12H14N4/c1-14-8-9-16-11-5-3-2-4-10(11)15-12(16)6-7-13/h2-5,14H,6,8-9H2,1H3. The van der Waals surface area contributed by atoms with Crippen molar-refractivity contribution in [3.05, 3.63) is 30.1 Å². The Hall–Kier alpha value is -1.86. The van der Waals surface area contributed by atoms with Crippen molar-refractivity contribution in [3.63, 3.8) is 0 Å². The Balaban J connectivity index is 2.47. The van der Waals surface area contributed by atoms with Crippen LogP contribution in [-0.4, -0.2) is 23.1 Å². The van der Waals surface area contributed by atoms with Crippen LogP contribution in [-0.2, 0) is 13.0 Å². The maximum Gasteiger partial charge on any atom is 0.124 e. The van der Waals surface area contributed by atoms with Crippen LogP contribution in [0, 0.1) is 11.3 Å². The molecule has 1 aromatic carbocycles. The first-order valence-electron chi connectivity index (χ1n) is 5.32. The third-order valence-electron chi connectivity index (χ3n) is 2.56. The molecule has 0 bridgehead atoms. The highest BCUT2D eigenvalue weighted by molar-refractivity contribution is 5.75. The summed E-state index contributed by atoms with van der Waals surface area (Å²) in [4.78, 5) is 4.47. The number of hydrogen-bond donors (Lipinski definition) is 1. The SMILES string of the molecule is CNCCn1c(CC#N)nc2ccccc21. The molecule has 4 nitrogen and oxygen atoms in total. The van der Waals surface area contributed by atoms with Gasteiger partial charge in [-0.2, -0.15) is 5.26 Å². The molecule has 0 saturated heterocycles. The van der Waals surface area contributed by atoms with E-state index in [4.69, 9.17) is 5.26 Å². The van der Waals surface area contributed by atoms with Gasteiger partial charge in [0.05, 0.1) is 23.5 Å². The van der Waals surface area contributed by atoms with Crippen molar-refractivity contribution in [1.82, 2.24) is 14.9 Å². The zero-order chi connectivity index (χ0) is 11.4. The van der Waals surface area contributed by atoms with Crippen LogP contribution in [0.4, 0.5) is 0 Å². The van der Waals surface area contributed by atoms with Gasteiger partial charge in [0.25, 0.3) is 0 Å². The van der Waals surface area contributed by atoms with Gasteiger partial charge in [-0.25, -0.2) is 4.98 Å². The Morgan fingerprint density at radius 1 is 1.44 bits per heavy atom. The number of likely N-dealkylation sites (N-methyl/N-ethyl adjacent to an activating group) is 1. The molecule has 1 aromatic heterocycles. The Morgan fingerprint density at radius 2 is 2.25 bits per heavy atom. The summed E-state index contributed by atoms with van der Waals surface area (Å²) in [6, 6.07) is 10.1. The normalized spacial score (nSPS) is 10.5. The minimum absolute atomic E-state index is 0.360. The van der Waals surface area contributed by atoms with Crippen LogP contribution in [0.25, 0.3) is 11.0 Å². The Morgan fingerprint density at radius 3 is 3.00 bits per heavy atom. The quantitative estimate of drug-likeness (QED) is 0.835. The van der Waals surface area contributed by atoms with E-state index in [1.54, 1.807) is 0 Å². The number of hydrogen-bond acceptors (Lipinski definition) is 3. The lowest BCUT2D eigenvalue weighted by Crippen LogP contribution is -2.16. The van der Waals surface area contributed by atoms with Crippen molar-refractivity contribution in [2.45, 2.75) is 13.0 Å². The van der Waals surface area contributed by atoms with E-state index in [1.807, 2.05) is 31.3 Å². The summed E-state index contributed by atoms with van der Waals surface area (Å²) in [5.74, 6) is 0.846. The zero-order valence-electron chi connectivity index (χ0n) is 9.27. The molecule has 4 heteroatoms. The lowest BCUT2D eigenvalue weighted by molar-refractivity contribution is 0.637. The van der Waals surface area contributed by atoms with Crippen LogP contribution < -0.4 is 5.32 Å². The van der Waals surface area contributed by atoms with Gasteiger partial charge < -0.3 is 9.88 Å². The van der Waals surface area contributed by atoms with Gasteiger partial charge >= 0.3 is 0 Å². The second-order valence-electron chi connectivity index (χ2n) is 3.61. The molecule has 0 saturated carbocycles. The van der Waals surface area contributed by atoms with Gasteiger partial charge in [-0.15, -0.1) is 0 Å². The summed E-state index contributed by atoms with van der Waals surface area (Å²) in [5, 5.41) is 11.9. The number of rotatable bonds is 4. The van der Waals surface area contributed by atoms with Gasteiger partial charge in [0, 0.05) is 13.1 Å². The molecular formula is C12H14N4. The van der Waals surface area contributed by atoms with Crippen molar-refractivity contribution in [1.29, 1.82) is 5.26 Å². The predicted octanol–water partition coefficient (Wildman–Crippen LogP) is 1.32. The molecule has 0 spiro atoms. The van der Waals surface area contributed by atoms with E-state index in [0.717, 1.165) is 29.9 Å². The first-order chi connectivity index (χ1) is 7.86. The summed E-state index contributed by atoms with van der Waals surface area (Å²) >= 11 is 0. The average molecular weight is 214 g/mol. The summed E-state index contributed by atoms with van der Waals surface area (Å²) in [7, 11) is 1.92. The molecule has 0 fully saturated rings. The molecule has 0 aliphatic carbocycles. The zero-order valence-corrected chi connectivity index (χ0v) is 9.27.